The van der Waals surface area contributed by atoms with E-state index in [-0.39, 0.29) is 19.7 Å². The van der Waals surface area contributed by atoms with Crippen molar-refractivity contribution >= 4 is 6.09 Å². The molecule has 1 aliphatic heterocycles. The van der Waals surface area contributed by atoms with Crippen LogP contribution in [0.15, 0.2) is 0 Å². The van der Waals surface area contributed by atoms with Crippen LogP contribution in [0.3, 0.4) is 0 Å². The monoisotopic (exact) mass is 232 g/mol. The van der Waals surface area contributed by atoms with Crippen LogP contribution in [0.2, 0.25) is 0 Å². The van der Waals surface area contributed by atoms with Crippen LogP contribution in [0, 0.1) is 0 Å². The number of hydrogen-bond donors (Lipinski definition) is 1. The Morgan fingerprint density at radius 2 is 1.88 bits per heavy atom. The number of nitrogens with one attached hydrogen (secondary N) is 1. The van der Waals surface area contributed by atoms with Crippen LogP contribution in [-0.2, 0) is 4.74 Å². The van der Waals surface area contributed by atoms with Gasteiger partial charge in [-0.25, -0.2) is 4.79 Å². The fourth-order valence-electron chi connectivity index (χ4n) is 1.52. The lowest BCUT2D eigenvalue weighted by Gasteiger charge is -2.28. The standard InChI is InChI=1S/C10H20N2O2.C2H6.H2/c1-8(2)11-10(13)14-9-4-6-12(3)7-5-9;1-2;/h8-9H,4-7H2,1-3H3,(H,11,13);1-2H3;1H. The second-order valence-corrected chi connectivity index (χ2v) is 4.21. The summed E-state index contributed by atoms with van der Waals surface area (Å²) >= 11 is 0. The number of likely N-dealkylation sites (tertiary alicyclic amines) is 1. The lowest BCUT2D eigenvalue weighted by atomic mass is 10.1. The van der Waals surface area contributed by atoms with Crippen LogP contribution in [0.5, 0.6) is 0 Å². The van der Waals surface area contributed by atoms with Gasteiger partial charge >= 0.3 is 6.09 Å². The van der Waals surface area contributed by atoms with Crippen molar-refractivity contribution in [2.75, 3.05) is 20.1 Å². The number of amides is 1. The van der Waals surface area contributed by atoms with Gasteiger partial charge < -0.3 is 15.0 Å². The highest BCUT2D eigenvalue weighted by atomic mass is 16.6. The predicted molar refractivity (Wildman–Crippen MR) is 68.7 cm³/mol. The summed E-state index contributed by atoms with van der Waals surface area (Å²) < 4.78 is 5.27. The molecule has 1 saturated heterocycles. The fourth-order valence-corrected chi connectivity index (χ4v) is 1.52. The van der Waals surface area contributed by atoms with Crippen molar-refractivity contribution < 1.29 is 11.0 Å². The molecular formula is C12H28N2O2. The van der Waals surface area contributed by atoms with Gasteiger partial charge in [-0.15, -0.1) is 0 Å². The van der Waals surface area contributed by atoms with E-state index in [1.165, 1.54) is 0 Å². The van der Waals surface area contributed by atoms with Gasteiger partial charge in [0.1, 0.15) is 6.10 Å². The molecule has 0 atom stereocenters. The summed E-state index contributed by atoms with van der Waals surface area (Å²) in [7, 11) is 2.09. The van der Waals surface area contributed by atoms with Crippen LogP contribution in [-0.4, -0.2) is 43.3 Å². The lowest BCUT2D eigenvalue weighted by molar-refractivity contribution is 0.0560. The highest BCUT2D eigenvalue weighted by Crippen LogP contribution is 2.11. The first-order valence-electron chi connectivity index (χ1n) is 6.23. The van der Waals surface area contributed by atoms with Gasteiger partial charge in [-0.3, -0.25) is 0 Å². The van der Waals surface area contributed by atoms with E-state index in [0.717, 1.165) is 25.9 Å². The van der Waals surface area contributed by atoms with Crippen LogP contribution in [0.1, 0.15) is 42.0 Å². The molecule has 4 nitrogen and oxygen atoms in total. The summed E-state index contributed by atoms with van der Waals surface area (Å²) in [5.74, 6) is 0. The van der Waals surface area contributed by atoms with E-state index in [4.69, 9.17) is 4.74 Å². The van der Waals surface area contributed by atoms with E-state index in [9.17, 15) is 4.79 Å². The zero-order chi connectivity index (χ0) is 12.6. The Balaban J connectivity index is 0. The smallest absolute Gasteiger partial charge is 0.407 e. The Morgan fingerprint density at radius 3 is 2.31 bits per heavy atom. The number of carbonyl (C=O) groups is 1. The molecule has 0 aromatic heterocycles. The molecule has 0 unspecified atom stereocenters. The molecule has 0 bridgehead atoms. The topological polar surface area (TPSA) is 41.6 Å². The Bertz CT molecular complexity index is 193. The molecule has 16 heavy (non-hydrogen) atoms. The van der Waals surface area contributed by atoms with Gasteiger partial charge in [0.05, 0.1) is 0 Å². The molecule has 0 aromatic rings. The number of rotatable bonds is 2. The third kappa shape index (κ3) is 6.67. The maximum absolute atomic E-state index is 11.3. The lowest BCUT2D eigenvalue weighted by Crippen LogP contribution is -2.39. The Labute approximate surface area is 101 Å². The first kappa shape index (κ1) is 15.2. The first-order chi connectivity index (χ1) is 7.58. The minimum absolute atomic E-state index is 0. The summed E-state index contributed by atoms with van der Waals surface area (Å²) in [5, 5.41) is 2.73. The van der Waals surface area contributed by atoms with E-state index >= 15 is 0 Å². The average Bonchev–Trinajstić information content (AvgIpc) is 2.23. The molecule has 1 fully saturated rings. The summed E-state index contributed by atoms with van der Waals surface area (Å²) in [4.78, 5) is 13.5. The Kier molecular flexibility index (Phi) is 7.99. The molecule has 1 amide bonds. The highest BCUT2D eigenvalue weighted by Gasteiger charge is 2.20. The number of carbonyl (C=O) groups excluding carboxylic acids is 1. The molecule has 0 radical (unpaired) electrons. The van der Waals surface area contributed by atoms with Crippen molar-refractivity contribution in [2.45, 2.75) is 52.7 Å². The molecule has 0 aliphatic carbocycles. The minimum Gasteiger partial charge on any atom is -0.446 e. The highest BCUT2D eigenvalue weighted by molar-refractivity contribution is 5.67. The molecule has 1 heterocycles. The maximum Gasteiger partial charge on any atom is 0.407 e. The molecule has 1 rings (SSSR count). The van der Waals surface area contributed by atoms with Crippen LogP contribution in [0.25, 0.3) is 0 Å². The number of nitrogens with zero attached hydrogens (tertiary/aromatic N) is 1. The van der Waals surface area contributed by atoms with Crippen LogP contribution in [0.4, 0.5) is 4.79 Å². The molecule has 0 spiro atoms. The van der Waals surface area contributed by atoms with Gasteiger partial charge in [0.15, 0.2) is 0 Å². The molecule has 1 N–H and O–H groups in total. The molecular weight excluding hydrogens is 204 g/mol. The van der Waals surface area contributed by atoms with E-state index in [0.29, 0.717) is 0 Å². The van der Waals surface area contributed by atoms with Gasteiger partial charge in [-0.2, -0.15) is 0 Å². The second kappa shape index (κ2) is 8.39. The van der Waals surface area contributed by atoms with Crippen molar-refractivity contribution in [3.63, 3.8) is 0 Å². The molecule has 1 aliphatic rings. The fraction of sp³-hybridized carbons (Fsp3) is 0.917. The molecule has 0 aromatic carbocycles. The largest absolute Gasteiger partial charge is 0.446 e. The minimum atomic E-state index is -0.283. The van der Waals surface area contributed by atoms with Crippen LogP contribution < -0.4 is 5.32 Å². The van der Waals surface area contributed by atoms with Crippen molar-refractivity contribution in [2.24, 2.45) is 0 Å². The summed E-state index contributed by atoms with van der Waals surface area (Å²) in [6.07, 6.45) is 1.71. The number of hydrogen-bond acceptors (Lipinski definition) is 3. The van der Waals surface area contributed by atoms with E-state index < -0.39 is 0 Å². The van der Waals surface area contributed by atoms with Gasteiger partial charge in [-0.05, 0) is 33.7 Å². The predicted octanol–water partition coefficient (Wildman–Crippen LogP) is 2.49. The van der Waals surface area contributed by atoms with Crippen molar-refractivity contribution in [3.05, 3.63) is 0 Å². The first-order valence-corrected chi connectivity index (χ1v) is 6.23. The molecule has 98 valence electrons. The van der Waals surface area contributed by atoms with E-state index in [2.05, 4.69) is 17.3 Å². The van der Waals surface area contributed by atoms with Gasteiger partial charge in [0.2, 0.25) is 0 Å². The third-order valence-electron chi connectivity index (χ3n) is 2.35. The van der Waals surface area contributed by atoms with Crippen molar-refractivity contribution in [3.8, 4) is 0 Å². The summed E-state index contributed by atoms with van der Waals surface area (Å²) in [6, 6.07) is 0.147. The SMILES string of the molecule is CC.CC(C)NC(=O)OC1CCN(C)CC1.[HH]. The molecule has 0 saturated carbocycles. The second-order valence-electron chi connectivity index (χ2n) is 4.21. The van der Waals surface area contributed by atoms with Gasteiger partial charge in [-0.1, -0.05) is 13.8 Å². The third-order valence-corrected chi connectivity index (χ3v) is 2.35. The van der Waals surface area contributed by atoms with Gasteiger partial charge in [0, 0.05) is 20.6 Å². The Hall–Kier alpha value is -0.770. The van der Waals surface area contributed by atoms with Crippen LogP contribution >= 0.6 is 0 Å². The number of alkyl carbamates (subject to hydrolysis) is 1. The van der Waals surface area contributed by atoms with Crippen molar-refractivity contribution in [1.82, 2.24) is 10.2 Å². The zero-order valence-corrected chi connectivity index (χ0v) is 11.2. The summed E-state index contributed by atoms with van der Waals surface area (Å²) in [5.41, 5.74) is 0. The Morgan fingerprint density at radius 1 is 1.38 bits per heavy atom. The number of ether oxygens (including phenoxy) is 1. The quantitative estimate of drug-likeness (QED) is 0.795. The summed E-state index contributed by atoms with van der Waals surface area (Å²) in [6.45, 7) is 9.88. The van der Waals surface area contributed by atoms with Gasteiger partial charge in [0.25, 0.3) is 0 Å². The normalized spacial score (nSPS) is 17.6. The van der Waals surface area contributed by atoms with E-state index in [1.807, 2.05) is 27.7 Å². The molecule has 4 heteroatoms. The van der Waals surface area contributed by atoms with E-state index in [1.54, 1.807) is 0 Å². The number of piperidine rings is 1. The maximum atomic E-state index is 11.3. The average molecular weight is 232 g/mol. The zero-order valence-electron chi connectivity index (χ0n) is 11.2. The van der Waals surface area contributed by atoms with Crippen molar-refractivity contribution in [1.29, 1.82) is 0 Å².